The van der Waals surface area contributed by atoms with Gasteiger partial charge in [-0.3, -0.25) is 19.2 Å². The third-order valence-electron chi connectivity index (χ3n) is 32.5. The highest BCUT2D eigenvalue weighted by Crippen LogP contribution is 2.80. The standard InChI is InChI=1S/C75H116O21/c1-36-20-26-74(64(89)96-61-56(84)54(82)52(80)44(35-77)94-61)30-28-67(6)39(49(74)38(36)3)16-18-45-65(4)32-41(78)50(71(10,47(65)22-24-69(45,67)8)63(88)95-60-55(83)53(81)51(79)43(34-76)93-60)58(85)72(11)48-23-25-70(9)46(66(48,5)33-42(90-13)59(72)91-14)19-17-40-57-73(12,92-15)37(2)21-27-75(57,62(86)87)31-29-68(40,70)7/h16-17,36-38,41-57,59-61,76-84H,18-35H2,1-15H3,(H,86,87)/t36-,37-,38+,41-,42-,43-,44-,45-,46-,47-,48-,49+,50-,51-,52-,53+,54+,55-,56-,57-,59+,60+,61+,65-,66-,67-,68-,69-,70-,71-,72+,73-,74+,75+/m1/s1. The number of esters is 2. The summed E-state index contributed by atoms with van der Waals surface area (Å²) in [7, 11) is 4.95. The third-order valence-corrected chi connectivity index (χ3v) is 32.5. The number of carboxylic acid groups (broad SMARTS) is 1. The van der Waals surface area contributed by atoms with Gasteiger partial charge in [0.1, 0.15) is 54.6 Å². The summed E-state index contributed by atoms with van der Waals surface area (Å²) in [4.78, 5) is 62.9. The Hall–Kier alpha value is -3.00. The first-order valence-corrected chi connectivity index (χ1v) is 36.4. The maximum Gasteiger partial charge on any atom is 0.315 e. The van der Waals surface area contributed by atoms with Crippen LogP contribution in [0, 0.1) is 113 Å². The second-order valence-corrected chi connectivity index (χ2v) is 35.3. The fourth-order valence-electron chi connectivity index (χ4n) is 26.3. The number of aliphatic hydroxyl groups excluding tert-OH is 9. The number of carbonyl (C=O) groups is 4. The van der Waals surface area contributed by atoms with E-state index in [0.29, 0.717) is 83.5 Å². The van der Waals surface area contributed by atoms with Crippen molar-refractivity contribution in [2.24, 2.45) is 113 Å². The maximum absolute atomic E-state index is 17.5. The van der Waals surface area contributed by atoms with Crippen molar-refractivity contribution < 1.29 is 103 Å². The second-order valence-electron chi connectivity index (χ2n) is 35.3. The molecule has 0 aromatic heterocycles. The van der Waals surface area contributed by atoms with Crippen molar-refractivity contribution in [3.8, 4) is 0 Å². The minimum Gasteiger partial charge on any atom is -0.481 e. The van der Waals surface area contributed by atoms with E-state index in [0.717, 1.165) is 24.0 Å². The van der Waals surface area contributed by atoms with E-state index < -0.39 is 188 Å². The largest absolute Gasteiger partial charge is 0.481 e. The first-order chi connectivity index (χ1) is 44.8. The Morgan fingerprint density at radius 2 is 1.03 bits per heavy atom. The molecule has 2 saturated heterocycles. The van der Waals surface area contributed by atoms with Crippen LogP contribution in [0.4, 0.5) is 0 Å². The van der Waals surface area contributed by atoms with E-state index in [-0.39, 0.29) is 53.6 Å². The summed E-state index contributed by atoms with van der Waals surface area (Å²) in [5.74, 6) is -5.93. The zero-order valence-electron chi connectivity index (χ0n) is 59.6. The summed E-state index contributed by atoms with van der Waals surface area (Å²) in [5.41, 5.74) is -7.39. The van der Waals surface area contributed by atoms with E-state index in [4.69, 9.17) is 33.2 Å². The predicted octanol–water partition coefficient (Wildman–Crippen LogP) is 6.60. The highest BCUT2D eigenvalue weighted by atomic mass is 16.7. The molecule has 542 valence electrons. The van der Waals surface area contributed by atoms with Crippen LogP contribution in [-0.2, 0) is 52.3 Å². The van der Waals surface area contributed by atoms with Crippen LogP contribution in [0.3, 0.4) is 0 Å². The average molecular weight is 1350 g/mol. The number of aliphatic carboxylic acids is 1. The first kappa shape index (κ1) is 72.8. The molecule has 2 aliphatic heterocycles. The quantitative estimate of drug-likeness (QED) is 0.0727. The van der Waals surface area contributed by atoms with Crippen LogP contribution >= 0.6 is 0 Å². The zero-order chi connectivity index (χ0) is 70.3. The van der Waals surface area contributed by atoms with Crippen molar-refractivity contribution in [3.05, 3.63) is 23.3 Å². The lowest BCUT2D eigenvalue weighted by Crippen LogP contribution is -2.73. The molecule has 96 heavy (non-hydrogen) atoms. The van der Waals surface area contributed by atoms with Gasteiger partial charge in [0.15, 0.2) is 0 Å². The van der Waals surface area contributed by atoms with Gasteiger partial charge in [0.05, 0.1) is 64.7 Å². The van der Waals surface area contributed by atoms with E-state index >= 15 is 14.4 Å². The molecule has 2 heterocycles. The van der Waals surface area contributed by atoms with Crippen LogP contribution in [0.15, 0.2) is 23.3 Å². The fourth-order valence-corrected chi connectivity index (χ4v) is 26.3. The normalized spacial score (nSPS) is 55.9. The van der Waals surface area contributed by atoms with Crippen molar-refractivity contribution >= 4 is 23.7 Å². The van der Waals surface area contributed by atoms with Gasteiger partial charge in [-0.15, -0.1) is 0 Å². The zero-order valence-corrected chi connectivity index (χ0v) is 59.6. The van der Waals surface area contributed by atoms with Crippen LogP contribution in [0.25, 0.3) is 0 Å². The highest BCUT2D eigenvalue weighted by molar-refractivity contribution is 5.95. The number of rotatable bonds is 12. The molecule has 0 spiro atoms. The van der Waals surface area contributed by atoms with Gasteiger partial charge in [-0.2, -0.15) is 0 Å². The van der Waals surface area contributed by atoms with Crippen LogP contribution < -0.4 is 0 Å². The van der Waals surface area contributed by atoms with Crippen molar-refractivity contribution in [1.29, 1.82) is 0 Å². The van der Waals surface area contributed by atoms with Gasteiger partial charge >= 0.3 is 17.9 Å². The molecule has 0 amide bonds. The van der Waals surface area contributed by atoms with E-state index in [1.807, 2.05) is 6.92 Å². The lowest BCUT2D eigenvalue weighted by Gasteiger charge is -2.73. The van der Waals surface area contributed by atoms with Gasteiger partial charge in [-0.05, 0) is 203 Å². The molecule has 10 aliphatic carbocycles. The third kappa shape index (κ3) is 9.40. The number of ether oxygens (including phenoxy) is 7. The summed E-state index contributed by atoms with van der Waals surface area (Å²) in [6.07, 6.45) is -6.83. The minimum atomic E-state index is -1.96. The Bertz CT molecular complexity index is 3100. The maximum atomic E-state index is 17.5. The van der Waals surface area contributed by atoms with E-state index in [1.165, 1.54) is 0 Å². The molecular formula is C75H116O21. The van der Waals surface area contributed by atoms with E-state index in [2.05, 4.69) is 81.4 Å². The smallest absolute Gasteiger partial charge is 0.315 e. The number of methoxy groups -OCH3 is 3. The van der Waals surface area contributed by atoms with Gasteiger partial charge in [-0.1, -0.05) is 85.6 Å². The van der Waals surface area contributed by atoms with Gasteiger partial charge in [0.2, 0.25) is 12.6 Å². The molecule has 10 fully saturated rings. The Kier molecular flexibility index (Phi) is 18.4. The molecule has 8 saturated carbocycles. The molecule has 10 N–H and O–H groups in total. The van der Waals surface area contributed by atoms with Gasteiger partial charge in [0, 0.05) is 27.2 Å². The van der Waals surface area contributed by atoms with E-state index in [1.54, 1.807) is 28.3 Å². The molecule has 0 radical (unpaired) electrons. The Morgan fingerprint density at radius 3 is 1.54 bits per heavy atom. The number of carbonyl (C=O) groups excluding carboxylic acids is 3. The Morgan fingerprint density at radius 1 is 0.542 bits per heavy atom. The predicted molar refractivity (Wildman–Crippen MR) is 347 cm³/mol. The SMILES string of the molecule is CO[C@@H]1C[C@@]2(C)[C@@H](CC[C@]3(C)[C@@H]2CC=C2[C@H]4[C@](C(=O)O)(CC[C@@H](C)[C@@]4(C)OC)CC[C@]23C)[C@@](C)(C(=O)[C@H]2[C@H](O)C[C@@]3(C)[C@@H](CC[C@]4(C)[C@@H]3CC=C3[C@@H]5[C@@H](C)[C@H](C)CC[C@]5(C(=O)O[C@@H]5O[C@H](CO)[C@@H](O)[C@H](O)[C@H]5O)CC[C@]34C)[C@@]2(C)C(=O)O[C@@H]2O[C@H](CO)[C@@H](O)[C@H](O)[C@H]2O)[C@H]1OC. The number of aliphatic hydroxyl groups is 9. The number of fused-ring (bicyclic) bond motifs is 14. The molecule has 21 heteroatoms. The summed E-state index contributed by atoms with van der Waals surface area (Å²) in [5, 5.41) is 112. The van der Waals surface area contributed by atoms with Crippen LogP contribution in [0.2, 0.25) is 0 Å². The molecule has 34 atom stereocenters. The first-order valence-electron chi connectivity index (χ1n) is 36.4. The molecule has 12 aliphatic rings. The lowest BCUT2D eigenvalue weighted by atomic mass is 9.31. The highest BCUT2D eigenvalue weighted by Gasteiger charge is 2.78. The summed E-state index contributed by atoms with van der Waals surface area (Å²) in [6.45, 7) is 24.6. The number of ketones is 1. The lowest BCUT2D eigenvalue weighted by molar-refractivity contribution is -0.301. The van der Waals surface area contributed by atoms with Gasteiger partial charge < -0.3 is 84.2 Å². The number of hydrogen-bond acceptors (Lipinski definition) is 20. The summed E-state index contributed by atoms with van der Waals surface area (Å²) in [6, 6.07) is 0. The van der Waals surface area contributed by atoms with Crippen molar-refractivity contribution in [2.45, 2.75) is 271 Å². The number of allylic oxidation sites excluding steroid dienone is 3. The van der Waals surface area contributed by atoms with Crippen molar-refractivity contribution in [2.75, 3.05) is 34.5 Å². The number of carboxylic acids is 1. The topological polar surface area (TPSA) is 335 Å². The Balaban J connectivity index is 0.939. The Labute approximate surface area is 567 Å². The fraction of sp³-hybridized carbons (Fsp3) is 0.893. The van der Waals surface area contributed by atoms with Crippen LogP contribution in [0.5, 0.6) is 0 Å². The van der Waals surface area contributed by atoms with Gasteiger partial charge in [-0.25, -0.2) is 0 Å². The van der Waals surface area contributed by atoms with Gasteiger partial charge in [0.25, 0.3) is 0 Å². The number of hydrogen-bond donors (Lipinski definition) is 10. The number of Topliss-reactive ketones (excluding diaryl/α,β-unsaturated/α-hetero) is 1. The van der Waals surface area contributed by atoms with Crippen LogP contribution in [-0.4, -0.2) is 195 Å². The summed E-state index contributed by atoms with van der Waals surface area (Å²) >= 11 is 0. The monoisotopic (exact) mass is 1350 g/mol. The van der Waals surface area contributed by atoms with Crippen molar-refractivity contribution in [1.82, 2.24) is 0 Å². The molecular weight excluding hydrogens is 1240 g/mol. The molecule has 0 aromatic carbocycles. The summed E-state index contributed by atoms with van der Waals surface area (Å²) < 4.78 is 43.9. The molecule has 12 rings (SSSR count). The van der Waals surface area contributed by atoms with Crippen LogP contribution in [0.1, 0.15) is 186 Å². The minimum absolute atomic E-state index is 0.0217. The molecule has 0 unspecified atom stereocenters. The molecule has 0 aromatic rings. The van der Waals surface area contributed by atoms with Crippen molar-refractivity contribution in [3.63, 3.8) is 0 Å². The average Bonchev–Trinajstić information content (AvgIpc) is 0.671. The molecule has 21 nitrogen and oxygen atoms in total. The van der Waals surface area contributed by atoms with E-state index in [9.17, 15) is 55.9 Å². The molecule has 0 bridgehead atoms. The second kappa shape index (κ2) is 24.3.